The second-order valence-electron chi connectivity index (χ2n) is 15.7. The van der Waals surface area contributed by atoms with Crippen LogP contribution in [0.1, 0.15) is 5.56 Å². The van der Waals surface area contributed by atoms with Crippen molar-refractivity contribution in [3.63, 3.8) is 0 Å². The zero-order valence-corrected chi connectivity index (χ0v) is 34.0. The van der Waals surface area contributed by atoms with E-state index >= 15 is 0 Å². The quantitative estimate of drug-likeness (QED) is 0.154. The smallest absolute Gasteiger partial charge is 0.164 e. The molecule has 0 saturated carbocycles. The van der Waals surface area contributed by atoms with Crippen LogP contribution in [0.4, 0.5) is 0 Å². The molecular weight excluding hydrogens is 755 g/mol. The van der Waals surface area contributed by atoms with Crippen molar-refractivity contribution in [3.05, 3.63) is 224 Å². The van der Waals surface area contributed by atoms with E-state index in [9.17, 15) is 0 Å². The lowest BCUT2D eigenvalue weighted by Gasteiger charge is -2.13. The van der Waals surface area contributed by atoms with Crippen LogP contribution >= 0.6 is 0 Å². The maximum atomic E-state index is 6.62. The highest BCUT2D eigenvalue weighted by atomic mass is 16.3. The molecule has 11 rings (SSSR count). The van der Waals surface area contributed by atoms with Crippen molar-refractivity contribution in [3.8, 4) is 89.8 Å². The van der Waals surface area contributed by atoms with E-state index in [1.807, 2.05) is 24.3 Å². The Morgan fingerprint density at radius 3 is 1.47 bits per heavy atom. The van der Waals surface area contributed by atoms with Crippen LogP contribution in [0.15, 0.2) is 223 Å². The predicted molar refractivity (Wildman–Crippen MR) is 255 cm³/mol. The van der Waals surface area contributed by atoms with Gasteiger partial charge < -0.3 is 4.42 Å². The number of hydrogen-bond acceptors (Lipinski definition) is 4. The average molecular weight is 794 g/mol. The van der Waals surface area contributed by atoms with Crippen LogP contribution in [-0.4, -0.2) is 15.0 Å². The maximum Gasteiger partial charge on any atom is 0.164 e. The van der Waals surface area contributed by atoms with Gasteiger partial charge in [0.1, 0.15) is 11.2 Å². The molecule has 292 valence electrons. The van der Waals surface area contributed by atoms with Gasteiger partial charge in [-0.05, 0) is 92.9 Å². The van der Waals surface area contributed by atoms with E-state index in [0.29, 0.717) is 17.5 Å². The molecule has 0 aliphatic rings. The van der Waals surface area contributed by atoms with Crippen LogP contribution in [0.5, 0.6) is 0 Å². The molecule has 0 amide bonds. The highest BCUT2D eigenvalue weighted by molar-refractivity contribution is 6.13. The molecule has 0 bridgehead atoms. The molecule has 9 aromatic carbocycles. The van der Waals surface area contributed by atoms with Crippen LogP contribution in [0, 0.1) is 6.92 Å². The number of fused-ring (bicyclic) bond motifs is 3. The number of benzene rings is 9. The summed E-state index contributed by atoms with van der Waals surface area (Å²) in [5.41, 5.74) is 16.8. The molecular formula is C58H39N3O. The van der Waals surface area contributed by atoms with Gasteiger partial charge >= 0.3 is 0 Å². The molecule has 0 N–H and O–H groups in total. The molecule has 0 aliphatic carbocycles. The van der Waals surface area contributed by atoms with E-state index in [2.05, 4.69) is 201 Å². The van der Waals surface area contributed by atoms with Crippen LogP contribution in [0.3, 0.4) is 0 Å². The fourth-order valence-corrected chi connectivity index (χ4v) is 8.52. The number of nitrogens with zero attached hydrogens (tertiary/aromatic N) is 3. The van der Waals surface area contributed by atoms with Crippen LogP contribution < -0.4 is 0 Å². The Hall–Kier alpha value is -8.21. The highest BCUT2D eigenvalue weighted by Crippen LogP contribution is 2.40. The second kappa shape index (κ2) is 15.8. The summed E-state index contributed by atoms with van der Waals surface area (Å²) in [5, 5.41) is 2.12. The minimum Gasteiger partial charge on any atom is -0.456 e. The number of aryl methyl sites for hydroxylation is 1. The van der Waals surface area contributed by atoms with E-state index in [1.54, 1.807) is 0 Å². The summed E-state index contributed by atoms with van der Waals surface area (Å²) in [6, 6.07) is 76.4. The van der Waals surface area contributed by atoms with Gasteiger partial charge in [0.2, 0.25) is 0 Å². The maximum absolute atomic E-state index is 6.62. The number of furan rings is 1. The number of rotatable bonds is 8. The summed E-state index contributed by atoms with van der Waals surface area (Å²) in [4.78, 5) is 15.7. The van der Waals surface area contributed by atoms with Gasteiger partial charge in [-0.15, -0.1) is 0 Å². The predicted octanol–water partition coefficient (Wildman–Crippen LogP) is 15.4. The van der Waals surface area contributed by atoms with E-state index in [0.717, 1.165) is 72.0 Å². The largest absolute Gasteiger partial charge is 0.456 e. The normalized spacial score (nSPS) is 11.3. The van der Waals surface area contributed by atoms with E-state index in [1.165, 1.54) is 27.8 Å². The Morgan fingerprint density at radius 2 is 0.758 bits per heavy atom. The minimum atomic E-state index is 0.569. The topological polar surface area (TPSA) is 51.8 Å². The van der Waals surface area contributed by atoms with Crippen molar-refractivity contribution in [2.24, 2.45) is 0 Å². The SMILES string of the molecule is Cc1cccc(-c2ccccc2-c2nc(-c3cccc(-c4cccc(-c5ccccc5)c4)c3)nc(-c3ccc4c(c3)oc3cccc(-c5ccc(-c6ccccc6)cc5)c34)n2)c1. The molecule has 2 heterocycles. The number of hydrogen-bond donors (Lipinski definition) is 0. The summed E-state index contributed by atoms with van der Waals surface area (Å²) < 4.78 is 6.62. The van der Waals surface area contributed by atoms with Gasteiger partial charge in [0, 0.05) is 27.5 Å². The summed E-state index contributed by atoms with van der Waals surface area (Å²) in [6.45, 7) is 2.12. The fraction of sp³-hybridized carbons (Fsp3) is 0.0172. The third kappa shape index (κ3) is 7.04. The van der Waals surface area contributed by atoms with Crippen molar-refractivity contribution in [1.82, 2.24) is 15.0 Å². The lowest BCUT2D eigenvalue weighted by Crippen LogP contribution is -2.01. The molecule has 0 unspecified atom stereocenters. The average Bonchev–Trinajstić information content (AvgIpc) is 3.73. The molecule has 0 spiro atoms. The molecule has 2 aromatic heterocycles. The second-order valence-corrected chi connectivity index (χ2v) is 15.7. The van der Waals surface area contributed by atoms with Gasteiger partial charge in [0.15, 0.2) is 17.5 Å². The zero-order valence-electron chi connectivity index (χ0n) is 34.0. The van der Waals surface area contributed by atoms with Gasteiger partial charge in [-0.25, -0.2) is 15.0 Å². The van der Waals surface area contributed by atoms with Gasteiger partial charge in [-0.3, -0.25) is 0 Å². The van der Waals surface area contributed by atoms with Crippen molar-refractivity contribution in [2.75, 3.05) is 0 Å². The standard InChI is InChI=1S/C58H39N3O/c1-38-14-10-22-46(34-38)49-24-8-9-25-51(49)58-60-56(47-23-12-21-45(36-47)44-20-11-19-43(35-44)40-17-6-3-7-18-40)59-57(61-58)48-32-33-52-54(37-48)62-53-27-13-26-50(55(52)53)42-30-28-41(29-31-42)39-15-4-2-5-16-39/h2-37H,1H3. The fourth-order valence-electron chi connectivity index (χ4n) is 8.52. The molecule has 0 radical (unpaired) electrons. The molecule has 0 saturated heterocycles. The Labute approximate surface area is 360 Å². The van der Waals surface area contributed by atoms with Gasteiger partial charge in [0.25, 0.3) is 0 Å². The Morgan fingerprint density at radius 1 is 0.290 bits per heavy atom. The summed E-state index contributed by atoms with van der Waals surface area (Å²) in [5.74, 6) is 1.76. The molecule has 11 aromatic rings. The molecule has 4 heteroatoms. The minimum absolute atomic E-state index is 0.569. The summed E-state index contributed by atoms with van der Waals surface area (Å²) in [6.07, 6.45) is 0. The Bertz CT molecular complexity index is 3410. The summed E-state index contributed by atoms with van der Waals surface area (Å²) in [7, 11) is 0. The highest BCUT2D eigenvalue weighted by Gasteiger charge is 2.19. The molecule has 4 nitrogen and oxygen atoms in total. The van der Waals surface area contributed by atoms with Crippen LogP contribution in [-0.2, 0) is 0 Å². The molecule has 0 atom stereocenters. The first-order valence-electron chi connectivity index (χ1n) is 20.9. The Balaban J connectivity index is 1.04. The third-order valence-corrected chi connectivity index (χ3v) is 11.6. The molecule has 0 aliphatic heterocycles. The Kier molecular flexibility index (Phi) is 9.36. The van der Waals surface area contributed by atoms with Crippen molar-refractivity contribution in [1.29, 1.82) is 0 Å². The first-order valence-corrected chi connectivity index (χ1v) is 20.9. The number of aromatic nitrogens is 3. The van der Waals surface area contributed by atoms with Crippen molar-refractivity contribution < 1.29 is 4.42 Å². The van der Waals surface area contributed by atoms with Gasteiger partial charge in [-0.1, -0.05) is 194 Å². The van der Waals surface area contributed by atoms with E-state index < -0.39 is 0 Å². The first kappa shape index (κ1) is 36.8. The lowest BCUT2D eigenvalue weighted by molar-refractivity contribution is 0.669. The van der Waals surface area contributed by atoms with Gasteiger partial charge in [-0.2, -0.15) is 0 Å². The monoisotopic (exact) mass is 793 g/mol. The van der Waals surface area contributed by atoms with Crippen molar-refractivity contribution >= 4 is 21.9 Å². The van der Waals surface area contributed by atoms with Gasteiger partial charge in [0.05, 0.1) is 0 Å². The lowest BCUT2D eigenvalue weighted by atomic mass is 9.96. The van der Waals surface area contributed by atoms with Crippen LogP contribution in [0.2, 0.25) is 0 Å². The third-order valence-electron chi connectivity index (χ3n) is 11.6. The zero-order chi connectivity index (χ0) is 41.4. The molecule has 0 fully saturated rings. The van der Waals surface area contributed by atoms with Crippen LogP contribution in [0.25, 0.3) is 112 Å². The summed E-state index contributed by atoms with van der Waals surface area (Å²) >= 11 is 0. The van der Waals surface area contributed by atoms with E-state index in [-0.39, 0.29) is 0 Å². The van der Waals surface area contributed by atoms with Crippen molar-refractivity contribution in [2.45, 2.75) is 6.92 Å². The molecule has 62 heavy (non-hydrogen) atoms. The van der Waals surface area contributed by atoms with E-state index in [4.69, 9.17) is 19.4 Å². The first-order chi connectivity index (χ1) is 30.6.